The first-order valence-electron chi connectivity index (χ1n) is 10.3. The molecule has 164 valence electrons. The van der Waals surface area contributed by atoms with Crippen LogP contribution in [0.25, 0.3) is 0 Å². The zero-order chi connectivity index (χ0) is 21.9. The van der Waals surface area contributed by atoms with Crippen LogP contribution in [0, 0.1) is 18.8 Å². The maximum absolute atomic E-state index is 12.3. The number of aryl methyl sites for hydroxylation is 1. The molecule has 0 aliphatic heterocycles. The second-order valence-electron chi connectivity index (χ2n) is 7.58. The fourth-order valence-corrected chi connectivity index (χ4v) is 3.21. The Kier molecular flexibility index (Phi) is 9.38. The van der Waals surface area contributed by atoms with E-state index in [-0.39, 0.29) is 25.1 Å². The number of unbranched alkanes of at least 4 members (excludes halogenated alkanes) is 1. The largest absolute Gasteiger partial charge is 0.513 e. The number of carbonyl (C=O) groups is 3. The molecule has 0 atom stereocenters. The molecule has 0 bridgehead atoms. The highest BCUT2D eigenvalue weighted by Gasteiger charge is 2.26. The van der Waals surface area contributed by atoms with Gasteiger partial charge >= 0.3 is 18.1 Å². The van der Waals surface area contributed by atoms with Crippen molar-refractivity contribution in [3.63, 3.8) is 0 Å². The minimum atomic E-state index is -0.817. The SMILES string of the molecule is C=CC(=O)OCCCCOC(=O)Oc1ccc(OC(=O)[C@H]2CC[C@H](C)CC2)cc1C. The third kappa shape index (κ3) is 7.89. The van der Waals surface area contributed by atoms with Crippen LogP contribution in [0.4, 0.5) is 4.79 Å². The molecule has 1 aliphatic rings. The van der Waals surface area contributed by atoms with Gasteiger partial charge in [-0.1, -0.05) is 13.5 Å². The number of hydrogen-bond acceptors (Lipinski definition) is 7. The van der Waals surface area contributed by atoms with Crippen molar-refractivity contribution in [1.82, 2.24) is 0 Å². The van der Waals surface area contributed by atoms with Gasteiger partial charge in [0.15, 0.2) is 0 Å². The molecule has 0 heterocycles. The minimum absolute atomic E-state index is 0.0484. The van der Waals surface area contributed by atoms with Gasteiger partial charge in [0.2, 0.25) is 0 Å². The lowest BCUT2D eigenvalue weighted by molar-refractivity contribution is -0.140. The lowest BCUT2D eigenvalue weighted by atomic mass is 9.83. The number of rotatable bonds is 9. The summed E-state index contributed by atoms with van der Waals surface area (Å²) in [5.41, 5.74) is 0.658. The average Bonchev–Trinajstić information content (AvgIpc) is 2.72. The summed E-state index contributed by atoms with van der Waals surface area (Å²) >= 11 is 0. The van der Waals surface area contributed by atoms with Crippen molar-refractivity contribution < 1.29 is 33.3 Å². The van der Waals surface area contributed by atoms with Gasteiger partial charge < -0.3 is 18.9 Å². The molecule has 1 saturated carbocycles. The summed E-state index contributed by atoms with van der Waals surface area (Å²) in [7, 11) is 0. The van der Waals surface area contributed by atoms with Crippen LogP contribution in [-0.2, 0) is 19.1 Å². The van der Waals surface area contributed by atoms with Crippen LogP contribution in [0.2, 0.25) is 0 Å². The molecule has 1 aromatic carbocycles. The molecule has 30 heavy (non-hydrogen) atoms. The van der Waals surface area contributed by atoms with E-state index < -0.39 is 12.1 Å². The normalized spacial score (nSPS) is 18.2. The zero-order valence-corrected chi connectivity index (χ0v) is 17.7. The Morgan fingerprint density at radius 1 is 1.03 bits per heavy atom. The predicted octanol–water partition coefficient (Wildman–Crippen LogP) is 4.75. The molecule has 0 radical (unpaired) electrons. The molecule has 0 unspecified atom stereocenters. The Labute approximate surface area is 177 Å². The summed E-state index contributed by atoms with van der Waals surface area (Å²) in [6.45, 7) is 7.66. The van der Waals surface area contributed by atoms with Crippen molar-refractivity contribution in [3.8, 4) is 11.5 Å². The van der Waals surface area contributed by atoms with E-state index in [0.717, 1.165) is 31.8 Å². The molecular weight excluding hydrogens is 388 g/mol. The van der Waals surface area contributed by atoms with Crippen LogP contribution in [0.15, 0.2) is 30.9 Å². The van der Waals surface area contributed by atoms with Crippen molar-refractivity contribution in [2.45, 2.75) is 52.4 Å². The van der Waals surface area contributed by atoms with E-state index in [9.17, 15) is 14.4 Å². The molecule has 7 heteroatoms. The second kappa shape index (κ2) is 12.0. The minimum Gasteiger partial charge on any atom is -0.463 e. The summed E-state index contributed by atoms with van der Waals surface area (Å²) in [5, 5.41) is 0. The van der Waals surface area contributed by atoms with E-state index >= 15 is 0 Å². The maximum Gasteiger partial charge on any atom is 0.513 e. The van der Waals surface area contributed by atoms with Crippen molar-refractivity contribution in [3.05, 3.63) is 36.4 Å². The molecule has 0 aromatic heterocycles. The van der Waals surface area contributed by atoms with Crippen LogP contribution in [0.1, 0.15) is 51.0 Å². The lowest BCUT2D eigenvalue weighted by Gasteiger charge is -2.24. The Bertz CT molecular complexity index is 748. The Hall–Kier alpha value is -2.83. The van der Waals surface area contributed by atoms with Gasteiger partial charge in [0, 0.05) is 6.08 Å². The van der Waals surface area contributed by atoms with E-state index in [1.807, 2.05) is 0 Å². The topological polar surface area (TPSA) is 88.1 Å². The van der Waals surface area contributed by atoms with Gasteiger partial charge in [-0.25, -0.2) is 9.59 Å². The molecule has 0 spiro atoms. The highest BCUT2D eigenvalue weighted by Crippen LogP contribution is 2.30. The van der Waals surface area contributed by atoms with Gasteiger partial charge in [0.1, 0.15) is 11.5 Å². The van der Waals surface area contributed by atoms with Crippen molar-refractivity contribution in [2.24, 2.45) is 11.8 Å². The van der Waals surface area contributed by atoms with E-state index in [1.165, 1.54) is 0 Å². The third-order valence-corrected chi connectivity index (χ3v) is 5.08. The molecule has 0 N–H and O–H groups in total. The quantitative estimate of drug-likeness (QED) is 0.188. The van der Waals surface area contributed by atoms with Crippen molar-refractivity contribution in [2.75, 3.05) is 13.2 Å². The van der Waals surface area contributed by atoms with Crippen molar-refractivity contribution >= 4 is 18.1 Å². The smallest absolute Gasteiger partial charge is 0.463 e. The van der Waals surface area contributed by atoms with Crippen LogP contribution in [-0.4, -0.2) is 31.3 Å². The molecule has 2 rings (SSSR count). The van der Waals surface area contributed by atoms with Crippen LogP contribution in [0.5, 0.6) is 11.5 Å². The Morgan fingerprint density at radius 3 is 2.33 bits per heavy atom. The number of carbonyl (C=O) groups excluding carboxylic acids is 3. The Balaban J connectivity index is 1.72. The first-order chi connectivity index (χ1) is 14.4. The maximum atomic E-state index is 12.3. The van der Waals surface area contributed by atoms with Gasteiger partial charge in [-0.05, 0) is 75.1 Å². The van der Waals surface area contributed by atoms with E-state index in [2.05, 4.69) is 13.5 Å². The summed E-state index contributed by atoms with van der Waals surface area (Å²) < 4.78 is 20.5. The number of esters is 2. The summed E-state index contributed by atoms with van der Waals surface area (Å²) in [4.78, 5) is 35.0. The summed E-state index contributed by atoms with van der Waals surface area (Å²) in [5.74, 6) is 0.716. The number of ether oxygens (including phenoxy) is 4. The second-order valence-corrected chi connectivity index (χ2v) is 7.58. The molecule has 1 fully saturated rings. The first kappa shape index (κ1) is 23.4. The number of benzene rings is 1. The standard InChI is InChI=1S/C23H30O7/c1-4-21(24)27-13-5-6-14-28-23(26)30-20-12-11-19(15-17(20)3)29-22(25)18-9-7-16(2)8-10-18/h4,11-12,15-16,18H,1,5-10,13-14H2,2-3H3/t16-,18-. The molecule has 0 saturated heterocycles. The lowest BCUT2D eigenvalue weighted by Crippen LogP contribution is -2.25. The van der Waals surface area contributed by atoms with Gasteiger partial charge in [-0.3, -0.25) is 4.79 Å². The molecule has 0 amide bonds. The molecule has 1 aromatic rings. The van der Waals surface area contributed by atoms with Gasteiger partial charge in [-0.2, -0.15) is 0 Å². The summed E-state index contributed by atoms with van der Waals surface area (Å²) in [6, 6.07) is 4.85. The fourth-order valence-electron chi connectivity index (χ4n) is 3.21. The average molecular weight is 418 g/mol. The van der Waals surface area contributed by atoms with Crippen LogP contribution in [0.3, 0.4) is 0 Å². The van der Waals surface area contributed by atoms with E-state index in [1.54, 1.807) is 25.1 Å². The van der Waals surface area contributed by atoms with Gasteiger partial charge in [0.25, 0.3) is 0 Å². The predicted molar refractivity (Wildman–Crippen MR) is 110 cm³/mol. The van der Waals surface area contributed by atoms with Gasteiger partial charge in [-0.15, -0.1) is 0 Å². The monoisotopic (exact) mass is 418 g/mol. The third-order valence-electron chi connectivity index (χ3n) is 5.08. The van der Waals surface area contributed by atoms with Crippen LogP contribution >= 0.6 is 0 Å². The van der Waals surface area contributed by atoms with Gasteiger partial charge in [0.05, 0.1) is 19.1 Å². The Morgan fingerprint density at radius 2 is 1.70 bits per heavy atom. The first-order valence-corrected chi connectivity index (χ1v) is 10.3. The molecular formula is C23H30O7. The van der Waals surface area contributed by atoms with Crippen molar-refractivity contribution in [1.29, 1.82) is 0 Å². The zero-order valence-electron chi connectivity index (χ0n) is 17.7. The summed E-state index contributed by atoms with van der Waals surface area (Å²) in [6.07, 6.45) is 5.20. The number of hydrogen-bond donors (Lipinski definition) is 0. The highest BCUT2D eigenvalue weighted by molar-refractivity contribution is 5.81. The fraction of sp³-hybridized carbons (Fsp3) is 0.522. The van der Waals surface area contributed by atoms with E-state index in [4.69, 9.17) is 18.9 Å². The van der Waals surface area contributed by atoms with E-state index in [0.29, 0.717) is 35.8 Å². The molecule has 7 nitrogen and oxygen atoms in total. The molecule has 1 aliphatic carbocycles. The highest BCUT2D eigenvalue weighted by atomic mass is 16.7. The van der Waals surface area contributed by atoms with Crippen LogP contribution < -0.4 is 9.47 Å².